The summed E-state index contributed by atoms with van der Waals surface area (Å²) >= 11 is 0. The minimum atomic E-state index is -0.155. The molecule has 3 aromatic rings. The molecule has 1 aliphatic carbocycles. The summed E-state index contributed by atoms with van der Waals surface area (Å²) in [6.45, 7) is 0.682. The number of nitrogens with zero attached hydrogens (tertiary/aromatic N) is 4. The molecule has 0 bridgehead atoms. The molecule has 1 aromatic carbocycles. The zero-order valence-corrected chi connectivity index (χ0v) is 14.4. The lowest BCUT2D eigenvalue weighted by atomic mass is 10.00. The Morgan fingerprint density at radius 2 is 1.92 bits per heavy atom. The molecular formula is C18H23N7. The number of hydrogen-bond acceptors (Lipinski definition) is 6. The maximum Gasteiger partial charge on any atom is 0.226 e. The third kappa shape index (κ3) is 3.28. The van der Waals surface area contributed by atoms with Crippen LogP contribution in [0.3, 0.4) is 0 Å². The van der Waals surface area contributed by atoms with E-state index < -0.39 is 0 Å². The summed E-state index contributed by atoms with van der Waals surface area (Å²) < 4.78 is 1.76. The number of nitrogens with one attached hydrogen (secondary N) is 2. The molecule has 0 unspecified atom stereocenters. The predicted molar refractivity (Wildman–Crippen MR) is 99.9 cm³/mol. The van der Waals surface area contributed by atoms with Gasteiger partial charge >= 0.3 is 0 Å². The van der Waals surface area contributed by atoms with E-state index in [2.05, 4.69) is 25.7 Å². The summed E-state index contributed by atoms with van der Waals surface area (Å²) in [6.07, 6.45) is 6.26. The van der Waals surface area contributed by atoms with Crippen molar-refractivity contribution in [3.05, 3.63) is 36.5 Å². The van der Waals surface area contributed by atoms with Crippen LogP contribution in [-0.4, -0.2) is 31.8 Å². The molecule has 0 radical (unpaired) electrons. The average Bonchev–Trinajstić information content (AvgIpc) is 3.21. The summed E-state index contributed by atoms with van der Waals surface area (Å²) in [6, 6.07) is 9.97. The molecule has 0 saturated heterocycles. The highest BCUT2D eigenvalue weighted by molar-refractivity contribution is 5.89. The lowest BCUT2D eigenvalue weighted by Gasteiger charge is -2.23. The van der Waals surface area contributed by atoms with Crippen molar-refractivity contribution in [3.63, 3.8) is 0 Å². The lowest BCUT2D eigenvalue weighted by molar-refractivity contribution is 0.463. The molecule has 0 aliphatic heterocycles. The van der Waals surface area contributed by atoms with Gasteiger partial charge in [-0.2, -0.15) is 15.1 Å². The Balaban J connectivity index is 1.64. The number of nitrogens with two attached hydrogens (primary N) is 1. The molecule has 4 N–H and O–H groups in total. The van der Waals surface area contributed by atoms with Gasteiger partial charge in [-0.25, -0.2) is 0 Å². The molecule has 0 amide bonds. The monoisotopic (exact) mass is 337 g/mol. The molecule has 1 fully saturated rings. The minimum Gasteiger partial charge on any atom is -0.352 e. The Hall–Kier alpha value is -2.67. The van der Waals surface area contributed by atoms with Gasteiger partial charge in [-0.05, 0) is 25.0 Å². The van der Waals surface area contributed by atoms with E-state index in [4.69, 9.17) is 5.73 Å². The van der Waals surface area contributed by atoms with Crippen LogP contribution >= 0.6 is 0 Å². The van der Waals surface area contributed by atoms with Crippen molar-refractivity contribution in [1.82, 2.24) is 19.7 Å². The first-order valence-corrected chi connectivity index (χ1v) is 8.68. The fourth-order valence-electron chi connectivity index (χ4n) is 3.37. The van der Waals surface area contributed by atoms with Crippen LogP contribution in [0.15, 0.2) is 36.5 Å². The third-order valence-corrected chi connectivity index (χ3v) is 4.83. The molecule has 1 saturated carbocycles. The normalized spacial score (nSPS) is 16.2. The largest absolute Gasteiger partial charge is 0.352 e. The van der Waals surface area contributed by atoms with E-state index in [9.17, 15) is 0 Å². The van der Waals surface area contributed by atoms with Crippen molar-refractivity contribution >= 4 is 28.5 Å². The average molecular weight is 337 g/mol. The Kier molecular flexibility index (Phi) is 4.01. The standard InChI is InChI=1S/C18H23N7/c1-25-16-14(11-21-25)15(22-13-7-3-2-4-8-13)23-17(24-16)20-12-18(19)9-5-6-10-18/h2-4,7-8,11H,5-6,9-10,12,19H2,1H3,(H2,20,22,23,24). The number of hydrogen-bond donors (Lipinski definition) is 3. The summed E-state index contributed by atoms with van der Waals surface area (Å²) in [5.74, 6) is 1.32. The lowest BCUT2D eigenvalue weighted by Crippen LogP contribution is -2.43. The van der Waals surface area contributed by atoms with E-state index in [1.165, 1.54) is 12.8 Å². The second-order valence-corrected chi connectivity index (χ2v) is 6.82. The van der Waals surface area contributed by atoms with Crippen molar-refractivity contribution in [2.45, 2.75) is 31.2 Å². The first-order valence-electron chi connectivity index (χ1n) is 8.68. The summed E-state index contributed by atoms with van der Waals surface area (Å²) in [7, 11) is 1.88. The third-order valence-electron chi connectivity index (χ3n) is 4.83. The van der Waals surface area contributed by atoms with Gasteiger partial charge in [0.05, 0.1) is 11.6 Å². The minimum absolute atomic E-state index is 0.155. The van der Waals surface area contributed by atoms with Crippen molar-refractivity contribution < 1.29 is 0 Å². The van der Waals surface area contributed by atoms with Crippen LogP contribution in [0.4, 0.5) is 17.5 Å². The Morgan fingerprint density at radius 1 is 1.16 bits per heavy atom. The van der Waals surface area contributed by atoms with Crippen LogP contribution in [0.1, 0.15) is 25.7 Å². The SMILES string of the molecule is Cn1ncc2c(Nc3ccccc3)nc(NCC3(N)CCCC3)nc21. The highest BCUT2D eigenvalue weighted by Crippen LogP contribution is 2.28. The molecule has 130 valence electrons. The second kappa shape index (κ2) is 6.33. The summed E-state index contributed by atoms with van der Waals surface area (Å²) in [5, 5.41) is 11.9. The first-order chi connectivity index (χ1) is 12.1. The van der Waals surface area contributed by atoms with Crippen LogP contribution in [-0.2, 0) is 7.05 Å². The number of aromatic nitrogens is 4. The van der Waals surface area contributed by atoms with Gasteiger partial charge in [0.15, 0.2) is 5.65 Å². The molecule has 2 aromatic heterocycles. The fraction of sp³-hybridized carbons (Fsp3) is 0.389. The number of aryl methyl sites for hydroxylation is 1. The van der Waals surface area contributed by atoms with E-state index in [1.54, 1.807) is 10.9 Å². The van der Waals surface area contributed by atoms with E-state index in [-0.39, 0.29) is 5.54 Å². The fourth-order valence-corrected chi connectivity index (χ4v) is 3.37. The van der Waals surface area contributed by atoms with Crippen LogP contribution in [0.2, 0.25) is 0 Å². The molecular weight excluding hydrogens is 314 g/mol. The molecule has 7 heteroatoms. The van der Waals surface area contributed by atoms with Gasteiger partial charge in [0.25, 0.3) is 0 Å². The topological polar surface area (TPSA) is 93.7 Å². The Morgan fingerprint density at radius 3 is 2.68 bits per heavy atom. The van der Waals surface area contributed by atoms with Crippen LogP contribution in [0.25, 0.3) is 11.0 Å². The predicted octanol–water partition coefficient (Wildman–Crippen LogP) is 2.79. The molecule has 0 spiro atoms. The van der Waals surface area contributed by atoms with Crippen LogP contribution in [0.5, 0.6) is 0 Å². The van der Waals surface area contributed by atoms with Gasteiger partial charge in [0.1, 0.15) is 5.82 Å². The number of para-hydroxylation sites is 1. The van der Waals surface area contributed by atoms with Crippen molar-refractivity contribution in [2.75, 3.05) is 17.2 Å². The quantitative estimate of drug-likeness (QED) is 0.663. The highest BCUT2D eigenvalue weighted by atomic mass is 15.3. The zero-order chi connectivity index (χ0) is 17.3. The van der Waals surface area contributed by atoms with Gasteiger partial charge in [0, 0.05) is 24.8 Å². The van der Waals surface area contributed by atoms with Gasteiger partial charge in [-0.15, -0.1) is 0 Å². The number of benzene rings is 1. The van der Waals surface area contributed by atoms with Crippen molar-refractivity contribution in [3.8, 4) is 0 Å². The van der Waals surface area contributed by atoms with Crippen molar-refractivity contribution in [2.24, 2.45) is 12.8 Å². The summed E-state index contributed by atoms with van der Waals surface area (Å²) in [4.78, 5) is 9.27. The summed E-state index contributed by atoms with van der Waals surface area (Å²) in [5.41, 5.74) is 8.05. The van der Waals surface area contributed by atoms with E-state index >= 15 is 0 Å². The molecule has 2 heterocycles. The number of anilines is 3. The Bertz CT molecular complexity index is 866. The zero-order valence-electron chi connectivity index (χ0n) is 14.4. The smallest absolute Gasteiger partial charge is 0.226 e. The number of fused-ring (bicyclic) bond motifs is 1. The molecule has 4 rings (SSSR count). The van der Waals surface area contributed by atoms with Crippen LogP contribution < -0.4 is 16.4 Å². The molecule has 7 nitrogen and oxygen atoms in total. The van der Waals surface area contributed by atoms with Crippen molar-refractivity contribution in [1.29, 1.82) is 0 Å². The van der Waals surface area contributed by atoms with Gasteiger partial charge in [-0.1, -0.05) is 31.0 Å². The van der Waals surface area contributed by atoms with E-state index in [1.807, 2.05) is 37.4 Å². The maximum atomic E-state index is 6.44. The van der Waals surface area contributed by atoms with Gasteiger partial charge in [-0.3, -0.25) is 4.68 Å². The van der Waals surface area contributed by atoms with Gasteiger partial charge in [0.2, 0.25) is 5.95 Å². The first kappa shape index (κ1) is 15.8. The molecule has 0 atom stereocenters. The molecule has 25 heavy (non-hydrogen) atoms. The molecule has 1 aliphatic rings. The number of rotatable bonds is 5. The Labute approximate surface area is 146 Å². The second-order valence-electron chi connectivity index (χ2n) is 6.82. The van der Waals surface area contributed by atoms with Crippen LogP contribution in [0, 0.1) is 0 Å². The van der Waals surface area contributed by atoms with Gasteiger partial charge < -0.3 is 16.4 Å². The van der Waals surface area contributed by atoms with E-state index in [0.29, 0.717) is 12.5 Å². The van der Waals surface area contributed by atoms with E-state index in [0.717, 1.165) is 35.4 Å². The maximum absolute atomic E-state index is 6.44. The highest BCUT2D eigenvalue weighted by Gasteiger charge is 2.29.